The lowest BCUT2D eigenvalue weighted by molar-refractivity contribution is -0.136. The quantitative estimate of drug-likeness (QED) is 0.564. The number of benzene rings is 1. The monoisotopic (exact) mass is 504 g/mol. The SMILES string of the molecule is CCS(=O)(=O)NC(Cc1ccc(F)cc1)C(=O)N1CCC(Cn2ccnc2)(C2CCCCC2)CC1. The van der Waals surface area contributed by atoms with Gasteiger partial charge in [-0.1, -0.05) is 31.4 Å². The summed E-state index contributed by atoms with van der Waals surface area (Å²) in [7, 11) is -3.59. The van der Waals surface area contributed by atoms with Gasteiger partial charge in [0.15, 0.2) is 0 Å². The van der Waals surface area contributed by atoms with Crippen LogP contribution in [0.2, 0.25) is 0 Å². The number of likely N-dealkylation sites (tertiary alicyclic amines) is 1. The van der Waals surface area contributed by atoms with Gasteiger partial charge in [0.05, 0.1) is 12.1 Å². The van der Waals surface area contributed by atoms with Gasteiger partial charge in [0, 0.05) is 32.0 Å². The molecule has 2 fully saturated rings. The second-order valence-corrected chi connectivity index (χ2v) is 12.2. The number of aromatic nitrogens is 2. The van der Waals surface area contributed by atoms with E-state index in [2.05, 4.69) is 14.3 Å². The maximum Gasteiger partial charge on any atom is 0.241 e. The molecule has 1 aromatic heterocycles. The molecule has 1 N–H and O–H groups in total. The van der Waals surface area contributed by atoms with Crippen LogP contribution in [0, 0.1) is 17.2 Å². The Hall–Kier alpha value is -2.26. The van der Waals surface area contributed by atoms with Crippen LogP contribution in [0.3, 0.4) is 0 Å². The van der Waals surface area contributed by atoms with E-state index in [-0.39, 0.29) is 29.3 Å². The van der Waals surface area contributed by atoms with E-state index in [1.54, 1.807) is 19.1 Å². The Balaban J connectivity index is 1.49. The summed E-state index contributed by atoms with van der Waals surface area (Å²) in [5, 5.41) is 0. The van der Waals surface area contributed by atoms with E-state index in [1.165, 1.54) is 44.2 Å². The molecule has 1 amide bonds. The average Bonchev–Trinajstić information content (AvgIpc) is 3.38. The molecule has 4 rings (SSSR count). The van der Waals surface area contributed by atoms with E-state index in [1.807, 2.05) is 23.6 Å². The number of piperidine rings is 1. The van der Waals surface area contributed by atoms with E-state index in [0.717, 1.165) is 24.9 Å². The lowest BCUT2D eigenvalue weighted by atomic mass is 9.63. The normalized spacial score (nSPS) is 20.0. The predicted molar refractivity (Wildman–Crippen MR) is 134 cm³/mol. The van der Waals surface area contributed by atoms with Gasteiger partial charge in [-0.15, -0.1) is 0 Å². The van der Waals surface area contributed by atoms with Crippen LogP contribution in [-0.4, -0.2) is 53.7 Å². The van der Waals surface area contributed by atoms with Crippen molar-refractivity contribution >= 4 is 15.9 Å². The number of nitrogens with zero attached hydrogens (tertiary/aromatic N) is 3. The number of nitrogens with one attached hydrogen (secondary N) is 1. The van der Waals surface area contributed by atoms with E-state index in [9.17, 15) is 17.6 Å². The van der Waals surface area contributed by atoms with Crippen molar-refractivity contribution in [3.05, 3.63) is 54.4 Å². The maximum absolute atomic E-state index is 13.6. The summed E-state index contributed by atoms with van der Waals surface area (Å²) >= 11 is 0. The highest BCUT2D eigenvalue weighted by molar-refractivity contribution is 7.89. The van der Waals surface area contributed by atoms with Crippen molar-refractivity contribution in [3.63, 3.8) is 0 Å². The van der Waals surface area contributed by atoms with Crippen LogP contribution in [-0.2, 0) is 27.8 Å². The van der Waals surface area contributed by atoms with Crippen molar-refractivity contribution < 1.29 is 17.6 Å². The average molecular weight is 505 g/mol. The molecular weight excluding hydrogens is 467 g/mol. The first-order valence-corrected chi connectivity index (χ1v) is 14.4. The predicted octanol–water partition coefficient (Wildman–Crippen LogP) is 3.76. The summed E-state index contributed by atoms with van der Waals surface area (Å²) in [6.07, 6.45) is 14.0. The second kappa shape index (κ2) is 11.2. The number of carbonyl (C=O) groups is 1. The van der Waals surface area contributed by atoms with Gasteiger partial charge in [-0.2, -0.15) is 0 Å². The lowest BCUT2D eigenvalue weighted by Crippen LogP contribution is -2.54. The van der Waals surface area contributed by atoms with E-state index >= 15 is 0 Å². The third kappa shape index (κ3) is 6.50. The van der Waals surface area contributed by atoms with Gasteiger partial charge >= 0.3 is 0 Å². The number of hydrogen-bond donors (Lipinski definition) is 1. The summed E-state index contributed by atoms with van der Waals surface area (Å²) in [6.45, 7) is 3.67. The highest BCUT2D eigenvalue weighted by Gasteiger charge is 2.43. The first kappa shape index (κ1) is 25.8. The first-order chi connectivity index (χ1) is 16.8. The molecule has 9 heteroatoms. The summed E-state index contributed by atoms with van der Waals surface area (Å²) in [5.41, 5.74) is 0.838. The third-order valence-corrected chi connectivity index (χ3v) is 9.36. The largest absolute Gasteiger partial charge is 0.341 e. The zero-order valence-electron chi connectivity index (χ0n) is 20.5. The van der Waals surface area contributed by atoms with Gasteiger partial charge < -0.3 is 9.47 Å². The topological polar surface area (TPSA) is 84.3 Å². The highest BCUT2D eigenvalue weighted by Crippen LogP contribution is 2.47. The number of amides is 1. The lowest BCUT2D eigenvalue weighted by Gasteiger charge is -2.48. The van der Waals surface area contributed by atoms with Crippen molar-refractivity contribution in [2.45, 2.75) is 70.9 Å². The number of hydrogen-bond acceptors (Lipinski definition) is 4. The Bertz CT molecular complexity index is 1060. The van der Waals surface area contributed by atoms with Crippen molar-refractivity contribution in [1.82, 2.24) is 19.2 Å². The Morgan fingerprint density at radius 2 is 1.86 bits per heavy atom. The van der Waals surface area contributed by atoms with Crippen LogP contribution in [0.1, 0.15) is 57.4 Å². The zero-order valence-corrected chi connectivity index (χ0v) is 21.4. The van der Waals surface area contributed by atoms with Gasteiger partial charge in [-0.3, -0.25) is 4.79 Å². The highest BCUT2D eigenvalue weighted by atomic mass is 32.2. The van der Waals surface area contributed by atoms with Crippen LogP contribution in [0.25, 0.3) is 0 Å². The Morgan fingerprint density at radius 1 is 1.17 bits per heavy atom. The smallest absolute Gasteiger partial charge is 0.241 e. The van der Waals surface area contributed by atoms with Crippen molar-refractivity contribution in [2.24, 2.45) is 11.3 Å². The number of imidazole rings is 1. The van der Waals surface area contributed by atoms with E-state index in [4.69, 9.17) is 0 Å². The summed E-state index contributed by atoms with van der Waals surface area (Å²) in [6, 6.07) is 4.97. The van der Waals surface area contributed by atoms with E-state index < -0.39 is 16.1 Å². The molecule has 192 valence electrons. The molecule has 0 spiro atoms. The van der Waals surface area contributed by atoms with Gasteiger partial charge in [0.25, 0.3) is 0 Å². The molecule has 2 aromatic rings. The summed E-state index contributed by atoms with van der Waals surface area (Å²) in [4.78, 5) is 19.6. The summed E-state index contributed by atoms with van der Waals surface area (Å²) in [5.74, 6) is -0.0370. The Kier molecular flexibility index (Phi) is 8.27. The number of carbonyl (C=O) groups excluding carboxylic acids is 1. The molecule has 35 heavy (non-hydrogen) atoms. The van der Waals surface area contributed by atoms with Crippen molar-refractivity contribution in [3.8, 4) is 0 Å². The molecule has 1 unspecified atom stereocenters. The fraction of sp³-hybridized carbons (Fsp3) is 0.615. The molecule has 1 saturated carbocycles. The fourth-order valence-corrected chi connectivity index (χ4v) is 6.67. The van der Waals surface area contributed by atoms with Crippen LogP contribution in [0.5, 0.6) is 0 Å². The molecule has 0 radical (unpaired) electrons. The number of sulfonamides is 1. The first-order valence-electron chi connectivity index (χ1n) is 12.8. The minimum Gasteiger partial charge on any atom is -0.341 e. The molecule has 2 heterocycles. The minimum atomic E-state index is -3.59. The fourth-order valence-electron chi connectivity index (χ4n) is 5.88. The second-order valence-electron chi connectivity index (χ2n) is 10.2. The molecule has 1 aromatic carbocycles. The Labute approximate surface area is 208 Å². The van der Waals surface area contributed by atoms with Crippen molar-refractivity contribution in [2.75, 3.05) is 18.8 Å². The molecule has 1 aliphatic heterocycles. The third-order valence-electron chi connectivity index (χ3n) is 7.95. The van der Waals surface area contributed by atoms with Crippen LogP contribution in [0.15, 0.2) is 43.0 Å². The molecule has 7 nitrogen and oxygen atoms in total. The van der Waals surface area contributed by atoms with Crippen LogP contribution >= 0.6 is 0 Å². The number of halogens is 1. The molecule has 1 saturated heterocycles. The molecule has 1 aliphatic carbocycles. The van der Waals surface area contributed by atoms with E-state index in [0.29, 0.717) is 19.0 Å². The zero-order chi connectivity index (χ0) is 24.9. The molecule has 1 atom stereocenters. The standard InChI is InChI=1S/C26H37FN4O3S/c1-2-35(33,34)29-24(18-21-8-10-23(27)11-9-21)25(32)31-15-12-26(13-16-31,19-30-17-14-28-20-30)22-6-4-3-5-7-22/h8-11,14,17,20,22,24,29H,2-7,12-13,15-16,18-19H2,1H3. The van der Waals surface area contributed by atoms with Crippen LogP contribution < -0.4 is 4.72 Å². The van der Waals surface area contributed by atoms with Gasteiger partial charge in [0.1, 0.15) is 11.9 Å². The molecule has 0 bridgehead atoms. The number of rotatable bonds is 9. The van der Waals surface area contributed by atoms with Gasteiger partial charge in [-0.05, 0) is 68.1 Å². The summed E-state index contributed by atoms with van der Waals surface area (Å²) < 4.78 is 42.9. The van der Waals surface area contributed by atoms with Gasteiger partial charge in [0.2, 0.25) is 15.9 Å². The molecule has 2 aliphatic rings. The Morgan fingerprint density at radius 3 is 2.46 bits per heavy atom. The molecular formula is C26H37FN4O3S. The van der Waals surface area contributed by atoms with Crippen LogP contribution in [0.4, 0.5) is 4.39 Å². The maximum atomic E-state index is 13.6. The van der Waals surface area contributed by atoms with Gasteiger partial charge in [-0.25, -0.2) is 22.5 Å². The van der Waals surface area contributed by atoms with Crippen molar-refractivity contribution in [1.29, 1.82) is 0 Å². The minimum absolute atomic E-state index is 0.101.